The van der Waals surface area contributed by atoms with E-state index in [0.717, 1.165) is 11.1 Å². The maximum atomic E-state index is 12.4. The molecule has 2 aromatic rings. The third-order valence-electron chi connectivity index (χ3n) is 4.69. The Morgan fingerprint density at radius 1 is 0.692 bits per heavy atom. The predicted molar refractivity (Wildman–Crippen MR) is 107 cm³/mol. The van der Waals surface area contributed by atoms with Crippen LogP contribution in [0.15, 0.2) is 60.7 Å². The van der Waals surface area contributed by atoms with Gasteiger partial charge in [0.2, 0.25) is 11.8 Å². The maximum absolute atomic E-state index is 12.4. The van der Waals surface area contributed by atoms with Crippen molar-refractivity contribution >= 4 is 35.3 Å². The summed E-state index contributed by atoms with van der Waals surface area (Å²) in [5, 5.41) is 0.0912. The summed E-state index contributed by atoms with van der Waals surface area (Å²) in [5.41, 5.74) is 2.29. The third-order valence-corrected chi connectivity index (χ3v) is 7.20. The fraction of sp³-hybridized carbons (Fsp3) is 0.300. The second-order valence-electron chi connectivity index (χ2n) is 6.32. The minimum absolute atomic E-state index is 0.0456. The van der Waals surface area contributed by atoms with Gasteiger partial charge < -0.3 is 9.80 Å². The minimum Gasteiger partial charge on any atom is -0.324 e. The summed E-state index contributed by atoms with van der Waals surface area (Å²) in [6, 6.07) is 20.2. The van der Waals surface area contributed by atoms with Gasteiger partial charge >= 0.3 is 0 Å². The Morgan fingerprint density at radius 2 is 1.08 bits per heavy atom. The molecule has 0 saturated carbocycles. The summed E-state index contributed by atoms with van der Waals surface area (Å²) in [5.74, 6) is 1.31. The molecule has 4 rings (SSSR count). The number of nitrogens with zero attached hydrogens (tertiary/aromatic N) is 2. The average Bonchev–Trinajstić information content (AvgIpc) is 3.24. The number of carbonyl (C=O) groups excluding carboxylic acids is 2. The van der Waals surface area contributed by atoms with Crippen LogP contribution < -0.4 is 0 Å². The van der Waals surface area contributed by atoms with Crippen molar-refractivity contribution in [3.63, 3.8) is 0 Å². The van der Waals surface area contributed by atoms with E-state index in [9.17, 15) is 9.59 Å². The molecule has 2 amide bonds. The molecule has 0 aliphatic carbocycles. The second-order valence-corrected chi connectivity index (χ2v) is 8.46. The summed E-state index contributed by atoms with van der Waals surface area (Å²) < 4.78 is 0. The molecule has 6 heteroatoms. The van der Waals surface area contributed by atoms with Crippen LogP contribution in [-0.4, -0.2) is 46.2 Å². The van der Waals surface area contributed by atoms with Crippen molar-refractivity contribution in [3.8, 4) is 0 Å². The van der Waals surface area contributed by atoms with Crippen LogP contribution in [-0.2, 0) is 9.59 Å². The molecule has 0 N–H and O–H groups in total. The Kier molecular flexibility index (Phi) is 5.22. The molecule has 2 aliphatic rings. The summed E-state index contributed by atoms with van der Waals surface area (Å²) in [7, 11) is 0. The first kappa shape index (κ1) is 17.5. The molecule has 26 heavy (non-hydrogen) atoms. The number of benzene rings is 2. The van der Waals surface area contributed by atoms with Gasteiger partial charge in [-0.25, -0.2) is 0 Å². The average molecular weight is 385 g/mol. The largest absolute Gasteiger partial charge is 0.324 e. The van der Waals surface area contributed by atoms with Gasteiger partial charge in [-0.05, 0) is 11.1 Å². The predicted octanol–water partition coefficient (Wildman–Crippen LogP) is 3.53. The molecule has 2 heterocycles. The number of hydrogen-bond donors (Lipinski definition) is 0. The molecule has 0 aromatic heterocycles. The van der Waals surface area contributed by atoms with Crippen LogP contribution in [0.4, 0.5) is 0 Å². The fourth-order valence-corrected chi connectivity index (χ4v) is 5.83. The van der Waals surface area contributed by atoms with E-state index in [-0.39, 0.29) is 22.6 Å². The zero-order valence-electron chi connectivity index (χ0n) is 14.3. The van der Waals surface area contributed by atoms with Gasteiger partial charge in [-0.2, -0.15) is 0 Å². The maximum Gasteiger partial charge on any atom is 0.233 e. The highest BCUT2D eigenvalue weighted by molar-refractivity contribution is 8.00. The van der Waals surface area contributed by atoms with Crippen LogP contribution in [0.2, 0.25) is 0 Å². The molecule has 2 aliphatic heterocycles. The smallest absolute Gasteiger partial charge is 0.233 e. The molecule has 0 unspecified atom stereocenters. The van der Waals surface area contributed by atoms with Gasteiger partial charge in [0.15, 0.2) is 0 Å². The molecule has 2 aromatic carbocycles. The van der Waals surface area contributed by atoms with Crippen molar-refractivity contribution < 1.29 is 9.59 Å². The zero-order chi connectivity index (χ0) is 17.9. The van der Waals surface area contributed by atoms with Crippen molar-refractivity contribution in [2.45, 2.75) is 10.7 Å². The van der Waals surface area contributed by atoms with E-state index in [0.29, 0.717) is 24.6 Å². The zero-order valence-corrected chi connectivity index (χ0v) is 15.9. The van der Waals surface area contributed by atoms with Gasteiger partial charge in [0.05, 0.1) is 11.5 Å². The van der Waals surface area contributed by atoms with Gasteiger partial charge in [0.1, 0.15) is 10.7 Å². The Bertz CT molecular complexity index is 717. The molecular weight excluding hydrogens is 364 g/mol. The van der Waals surface area contributed by atoms with Gasteiger partial charge in [0.25, 0.3) is 0 Å². The van der Waals surface area contributed by atoms with E-state index in [4.69, 9.17) is 0 Å². The van der Waals surface area contributed by atoms with E-state index < -0.39 is 0 Å². The van der Waals surface area contributed by atoms with Crippen LogP contribution in [0.3, 0.4) is 0 Å². The van der Waals surface area contributed by atoms with Crippen molar-refractivity contribution in [1.82, 2.24) is 9.80 Å². The molecule has 0 radical (unpaired) electrons. The Balaban J connectivity index is 1.48. The number of amides is 2. The van der Waals surface area contributed by atoms with E-state index in [1.165, 1.54) is 0 Å². The molecule has 2 saturated heterocycles. The van der Waals surface area contributed by atoms with Gasteiger partial charge in [-0.15, -0.1) is 23.5 Å². The number of hydrogen-bond acceptors (Lipinski definition) is 4. The molecule has 0 spiro atoms. The Morgan fingerprint density at radius 3 is 1.46 bits per heavy atom. The van der Waals surface area contributed by atoms with Crippen LogP contribution in [0.1, 0.15) is 21.9 Å². The first-order valence-electron chi connectivity index (χ1n) is 8.66. The normalized spacial score (nSPS) is 23.1. The lowest BCUT2D eigenvalue weighted by atomic mass is 10.2. The topological polar surface area (TPSA) is 40.6 Å². The highest BCUT2D eigenvalue weighted by Gasteiger charge is 2.36. The molecule has 4 nitrogen and oxygen atoms in total. The van der Waals surface area contributed by atoms with Crippen LogP contribution in [0.25, 0.3) is 0 Å². The van der Waals surface area contributed by atoms with E-state index >= 15 is 0 Å². The van der Waals surface area contributed by atoms with E-state index in [1.807, 2.05) is 46.2 Å². The van der Waals surface area contributed by atoms with Gasteiger partial charge in [0, 0.05) is 13.1 Å². The van der Waals surface area contributed by atoms with Crippen LogP contribution >= 0.6 is 23.5 Å². The molecule has 0 bridgehead atoms. The number of thioether (sulfide) groups is 2. The quantitative estimate of drug-likeness (QED) is 0.791. The standard InChI is InChI=1S/C20H20N2O2S2/c23-17-13-25-19(15-7-3-1-4-8-15)21(17)11-12-22-18(24)14-26-20(22)16-9-5-2-6-10-16/h1-10,19-20H,11-14H2/t19-,20-/m1/s1. The highest BCUT2D eigenvalue weighted by Crippen LogP contribution is 2.40. The lowest BCUT2D eigenvalue weighted by Gasteiger charge is -2.29. The molecule has 2 fully saturated rings. The number of carbonyl (C=O) groups is 2. The van der Waals surface area contributed by atoms with E-state index in [2.05, 4.69) is 24.3 Å². The van der Waals surface area contributed by atoms with Gasteiger partial charge in [-0.3, -0.25) is 9.59 Å². The van der Waals surface area contributed by atoms with Crippen molar-refractivity contribution in [1.29, 1.82) is 0 Å². The highest BCUT2D eigenvalue weighted by atomic mass is 32.2. The Labute approximate surface area is 161 Å². The van der Waals surface area contributed by atoms with Gasteiger partial charge in [-0.1, -0.05) is 60.7 Å². The molecule has 134 valence electrons. The summed E-state index contributed by atoms with van der Waals surface area (Å²) >= 11 is 3.32. The Hall–Kier alpha value is -1.92. The lowest BCUT2D eigenvalue weighted by molar-refractivity contribution is -0.132. The van der Waals surface area contributed by atoms with Crippen LogP contribution in [0, 0.1) is 0 Å². The number of rotatable bonds is 5. The third kappa shape index (κ3) is 3.48. The van der Waals surface area contributed by atoms with Crippen molar-refractivity contribution in [2.75, 3.05) is 24.6 Å². The monoisotopic (exact) mass is 384 g/mol. The first-order chi connectivity index (χ1) is 12.7. The lowest BCUT2D eigenvalue weighted by Crippen LogP contribution is -2.39. The van der Waals surface area contributed by atoms with Crippen molar-refractivity contribution in [3.05, 3.63) is 71.8 Å². The van der Waals surface area contributed by atoms with Crippen LogP contribution in [0.5, 0.6) is 0 Å². The summed E-state index contributed by atoms with van der Waals surface area (Å²) in [6.45, 7) is 1.14. The first-order valence-corrected chi connectivity index (χ1v) is 10.8. The fourth-order valence-electron chi connectivity index (χ4n) is 3.39. The SMILES string of the molecule is O=C1CS[C@H](c2ccccc2)N1CCN1C(=O)CS[C@@H]1c1ccccc1. The molecule has 2 atom stereocenters. The minimum atomic E-state index is 0.0456. The van der Waals surface area contributed by atoms with Crippen molar-refractivity contribution in [2.24, 2.45) is 0 Å². The second kappa shape index (κ2) is 7.76. The van der Waals surface area contributed by atoms with E-state index in [1.54, 1.807) is 23.5 Å². The summed E-state index contributed by atoms with van der Waals surface area (Å²) in [4.78, 5) is 28.6. The summed E-state index contributed by atoms with van der Waals surface area (Å²) in [6.07, 6.45) is 0. The molecular formula is C20H20N2O2S2.